The molecule has 24 heavy (non-hydrogen) atoms. The van der Waals surface area contributed by atoms with Gasteiger partial charge in [-0.3, -0.25) is 4.90 Å². The van der Waals surface area contributed by atoms with Gasteiger partial charge in [0.1, 0.15) is 0 Å². The van der Waals surface area contributed by atoms with Crippen molar-refractivity contribution in [3.05, 3.63) is 65.2 Å². The molecule has 1 heterocycles. The zero-order chi connectivity index (χ0) is 16.8. The van der Waals surface area contributed by atoms with Gasteiger partial charge in [0.2, 0.25) is 0 Å². The smallest absolute Gasteiger partial charge is 0.335 e. The average Bonchev–Trinajstić information content (AvgIpc) is 2.62. The molecule has 0 aromatic heterocycles. The lowest BCUT2D eigenvalue weighted by molar-refractivity contribution is 0.0342. The van der Waals surface area contributed by atoms with Gasteiger partial charge in [0.25, 0.3) is 0 Å². The van der Waals surface area contributed by atoms with E-state index in [1.54, 1.807) is 23.9 Å². The van der Waals surface area contributed by atoms with E-state index in [4.69, 9.17) is 9.84 Å². The Hall–Kier alpha value is -1.82. The van der Waals surface area contributed by atoms with Gasteiger partial charge in [0, 0.05) is 30.3 Å². The number of hydrogen-bond acceptors (Lipinski definition) is 4. The van der Waals surface area contributed by atoms with Crippen LogP contribution in [0.25, 0.3) is 0 Å². The van der Waals surface area contributed by atoms with Gasteiger partial charge in [-0.15, -0.1) is 11.8 Å². The van der Waals surface area contributed by atoms with Gasteiger partial charge < -0.3 is 9.84 Å². The maximum absolute atomic E-state index is 10.8. The molecule has 1 saturated heterocycles. The molecule has 1 aliphatic rings. The molecule has 0 bridgehead atoms. The van der Waals surface area contributed by atoms with Crippen LogP contribution in [0.3, 0.4) is 0 Å². The van der Waals surface area contributed by atoms with Crippen molar-refractivity contribution in [1.29, 1.82) is 0 Å². The van der Waals surface area contributed by atoms with Crippen LogP contribution in [-0.4, -0.2) is 42.3 Å². The topological polar surface area (TPSA) is 49.8 Å². The molecule has 3 rings (SSSR count). The predicted octanol–water partition coefficient (Wildman–Crippen LogP) is 3.51. The Labute approximate surface area is 146 Å². The molecular formula is C19H21NO3S. The molecule has 0 saturated carbocycles. The summed E-state index contributed by atoms with van der Waals surface area (Å²) in [5.74, 6) is -0.00744. The van der Waals surface area contributed by atoms with Crippen molar-refractivity contribution in [2.45, 2.75) is 17.2 Å². The summed E-state index contributed by atoms with van der Waals surface area (Å²) in [7, 11) is 0. The van der Waals surface area contributed by atoms with Gasteiger partial charge in [-0.05, 0) is 35.4 Å². The first kappa shape index (κ1) is 17.0. The number of carboxylic acids is 1. The van der Waals surface area contributed by atoms with E-state index in [-0.39, 0.29) is 0 Å². The largest absolute Gasteiger partial charge is 0.478 e. The minimum atomic E-state index is -0.887. The number of carbonyl (C=O) groups is 1. The quantitative estimate of drug-likeness (QED) is 0.814. The molecule has 0 amide bonds. The highest BCUT2D eigenvalue weighted by Gasteiger charge is 2.10. The third kappa shape index (κ3) is 4.84. The van der Waals surface area contributed by atoms with E-state index in [1.165, 1.54) is 11.1 Å². The first-order valence-corrected chi connectivity index (χ1v) is 9.03. The van der Waals surface area contributed by atoms with Crippen molar-refractivity contribution < 1.29 is 14.6 Å². The second kappa shape index (κ2) is 8.33. The fraction of sp³-hybridized carbons (Fsp3) is 0.316. The number of benzene rings is 2. The van der Waals surface area contributed by atoms with E-state index in [1.807, 2.05) is 12.1 Å². The monoisotopic (exact) mass is 343 g/mol. The molecule has 5 heteroatoms. The average molecular weight is 343 g/mol. The van der Waals surface area contributed by atoms with E-state index < -0.39 is 5.97 Å². The molecule has 0 radical (unpaired) electrons. The van der Waals surface area contributed by atoms with Gasteiger partial charge in [-0.25, -0.2) is 4.79 Å². The predicted molar refractivity (Wildman–Crippen MR) is 95.5 cm³/mol. The number of thioether (sulfide) groups is 1. The van der Waals surface area contributed by atoms with Crippen molar-refractivity contribution in [2.24, 2.45) is 0 Å². The van der Waals surface area contributed by atoms with E-state index in [0.717, 1.165) is 43.5 Å². The van der Waals surface area contributed by atoms with Crippen LogP contribution in [0, 0.1) is 0 Å². The second-order valence-electron chi connectivity index (χ2n) is 5.82. The molecule has 4 nitrogen and oxygen atoms in total. The van der Waals surface area contributed by atoms with Gasteiger partial charge >= 0.3 is 5.97 Å². The van der Waals surface area contributed by atoms with Gasteiger partial charge in [0.05, 0.1) is 18.8 Å². The lowest BCUT2D eigenvalue weighted by Gasteiger charge is -2.26. The molecule has 1 N–H and O–H groups in total. The van der Waals surface area contributed by atoms with E-state index >= 15 is 0 Å². The van der Waals surface area contributed by atoms with Crippen LogP contribution in [0.15, 0.2) is 53.4 Å². The number of nitrogens with zero attached hydrogens (tertiary/aromatic N) is 1. The fourth-order valence-electron chi connectivity index (χ4n) is 2.62. The van der Waals surface area contributed by atoms with Crippen LogP contribution >= 0.6 is 11.8 Å². The van der Waals surface area contributed by atoms with Crippen LogP contribution in [-0.2, 0) is 17.0 Å². The third-order valence-corrected chi connectivity index (χ3v) is 5.12. The number of hydrogen-bond donors (Lipinski definition) is 1. The zero-order valence-corrected chi connectivity index (χ0v) is 14.3. The minimum Gasteiger partial charge on any atom is -0.478 e. The standard InChI is InChI=1S/C19H21NO3S/c21-19(22)17-5-7-18(8-6-17)24-14-16-3-1-15(2-4-16)13-20-9-11-23-12-10-20/h1-8H,9-14H2,(H,21,22). The molecular weight excluding hydrogens is 322 g/mol. The first-order valence-electron chi connectivity index (χ1n) is 8.05. The van der Waals surface area contributed by atoms with Gasteiger partial charge in [-0.1, -0.05) is 24.3 Å². The van der Waals surface area contributed by atoms with Crippen molar-refractivity contribution in [2.75, 3.05) is 26.3 Å². The lowest BCUT2D eigenvalue weighted by Crippen LogP contribution is -2.35. The van der Waals surface area contributed by atoms with Crippen molar-refractivity contribution >= 4 is 17.7 Å². The second-order valence-corrected chi connectivity index (χ2v) is 6.87. The zero-order valence-electron chi connectivity index (χ0n) is 13.5. The fourth-order valence-corrected chi connectivity index (χ4v) is 3.47. The van der Waals surface area contributed by atoms with Crippen LogP contribution in [0.1, 0.15) is 21.5 Å². The van der Waals surface area contributed by atoms with Crippen LogP contribution in [0.5, 0.6) is 0 Å². The van der Waals surface area contributed by atoms with Gasteiger partial charge in [-0.2, -0.15) is 0 Å². The molecule has 0 atom stereocenters. The Kier molecular flexibility index (Phi) is 5.91. The summed E-state index contributed by atoms with van der Waals surface area (Å²) in [4.78, 5) is 14.3. The summed E-state index contributed by atoms with van der Waals surface area (Å²) in [6, 6.07) is 15.8. The number of ether oxygens (including phenoxy) is 1. The Balaban J connectivity index is 1.51. The molecule has 0 aliphatic carbocycles. The molecule has 2 aromatic rings. The van der Waals surface area contributed by atoms with Crippen molar-refractivity contribution in [3.8, 4) is 0 Å². The highest BCUT2D eigenvalue weighted by Crippen LogP contribution is 2.23. The van der Waals surface area contributed by atoms with Gasteiger partial charge in [0.15, 0.2) is 0 Å². The lowest BCUT2D eigenvalue weighted by atomic mass is 10.1. The van der Waals surface area contributed by atoms with E-state index in [2.05, 4.69) is 29.2 Å². The van der Waals surface area contributed by atoms with Crippen LogP contribution in [0.2, 0.25) is 0 Å². The minimum absolute atomic E-state index is 0.326. The van der Waals surface area contributed by atoms with Crippen molar-refractivity contribution in [1.82, 2.24) is 4.90 Å². The van der Waals surface area contributed by atoms with E-state index in [9.17, 15) is 4.79 Å². The number of carboxylic acid groups (broad SMARTS) is 1. The Morgan fingerprint density at radius 1 is 1.00 bits per heavy atom. The Morgan fingerprint density at radius 3 is 2.25 bits per heavy atom. The maximum atomic E-state index is 10.8. The summed E-state index contributed by atoms with van der Waals surface area (Å²) < 4.78 is 5.37. The molecule has 126 valence electrons. The van der Waals surface area contributed by atoms with Crippen LogP contribution in [0.4, 0.5) is 0 Å². The Morgan fingerprint density at radius 2 is 1.62 bits per heavy atom. The molecule has 1 aliphatic heterocycles. The summed E-state index contributed by atoms with van der Waals surface area (Å²) in [5, 5.41) is 8.91. The molecule has 2 aromatic carbocycles. The number of aromatic carboxylic acids is 1. The number of rotatable bonds is 6. The van der Waals surface area contributed by atoms with Crippen molar-refractivity contribution in [3.63, 3.8) is 0 Å². The van der Waals surface area contributed by atoms with Crippen LogP contribution < -0.4 is 0 Å². The summed E-state index contributed by atoms with van der Waals surface area (Å²) >= 11 is 1.72. The summed E-state index contributed by atoms with van der Waals surface area (Å²) in [6.07, 6.45) is 0. The Bertz CT molecular complexity index is 664. The number of morpholine rings is 1. The SMILES string of the molecule is O=C(O)c1ccc(SCc2ccc(CN3CCOCC3)cc2)cc1. The highest BCUT2D eigenvalue weighted by atomic mass is 32.2. The summed E-state index contributed by atoms with van der Waals surface area (Å²) in [5.41, 5.74) is 2.93. The normalized spacial score (nSPS) is 15.3. The summed E-state index contributed by atoms with van der Waals surface area (Å²) in [6.45, 7) is 4.64. The molecule has 0 spiro atoms. The molecule has 1 fully saturated rings. The third-order valence-electron chi connectivity index (χ3n) is 4.04. The maximum Gasteiger partial charge on any atom is 0.335 e. The molecule has 0 unspecified atom stereocenters. The highest BCUT2D eigenvalue weighted by molar-refractivity contribution is 7.98. The van der Waals surface area contributed by atoms with E-state index in [0.29, 0.717) is 5.56 Å². The first-order chi connectivity index (χ1) is 11.7.